The molecule has 4 atom stereocenters. The third kappa shape index (κ3) is 5.54. The Hall–Kier alpha value is -3.92. The molecule has 40 heavy (non-hydrogen) atoms. The number of fused-ring (bicyclic) bond motifs is 1. The maximum absolute atomic E-state index is 13.7. The monoisotopic (exact) mass is 601 g/mol. The third-order valence-electron chi connectivity index (χ3n) is 6.11. The maximum atomic E-state index is 13.7. The number of benzene rings is 2. The number of β-lactam (4-membered cyclic amide) rings is 1. The van der Waals surface area contributed by atoms with E-state index in [1.54, 1.807) is 30.3 Å². The molecule has 1 unspecified atom stereocenters. The molecule has 1 fully saturated rings. The van der Waals surface area contributed by atoms with E-state index in [4.69, 9.17) is 4.74 Å². The highest BCUT2D eigenvalue weighted by Crippen LogP contribution is 2.41. The number of carbonyl (C=O) groups excluding carboxylic acids is 3. The first-order valence-electron chi connectivity index (χ1n) is 11.4. The maximum Gasteiger partial charge on any atom is 0.534 e. The summed E-state index contributed by atoms with van der Waals surface area (Å²) in [5, 5.41) is 11.1. The van der Waals surface area contributed by atoms with Crippen LogP contribution in [0.5, 0.6) is 5.75 Å². The Morgan fingerprint density at radius 2 is 1.70 bits per heavy atom. The average Bonchev–Trinajstić information content (AvgIpc) is 2.89. The summed E-state index contributed by atoms with van der Waals surface area (Å²) in [6, 6.07) is 12.6. The van der Waals surface area contributed by atoms with Gasteiger partial charge >= 0.3 is 15.6 Å². The fraction of sp³-hybridized carbons (Fsp3) is 0.292. The van der Waals surface area contributed by atoms with Gasteiger partial charge in [-0.25, -0.2) is 0 Å². The summed E-state index contributed by atoms with van der Waals surface area (Å²) in [7, 11) is -7.52. The molecule has 1 saturated heterocycles. The Balaban J connectivity index is 1.73. The first kappa shape index (κ1) is 29.1. The summed E-state index contributed by atoms with van der Waals surface area (Å²) in [6.07, 6.45) is -0.639. The van der Waals surface area contributed by atoms with E-state index in [0.717, 1.165) is 0 Å². The lowest BCUT2D eigenvalue weighted by Gasteiger charge is -2.51. The van der Waals surface area contributed by atoms with E-state index >= 15 is 0 Å². The topological polar surface area (TPSA) is 159 Å². The number of hydrogen-bond acceptors (Lipinski definition) is 9. The zero-order valence-electron chi connectivity index (χ0n) is 20.4. The predicted octanol–water partition coefficient (Wildman–Crippen LogP) is 0.0921. The number of aliphatic carboxylic acids is 1. The summed E-state index contributed by atoms with van der Waals surface area (Å²) in [6.45, 7) is 0. The molecule has 2 amide bonds. The highest BCUT2D eigenvalue weighted by atomic mass is 32.2. The number of carbonyl (C=O) groups is 3. The highest BCUT2D eigenvalue weighted by molar-refractivity contribution is 7.88. The summed E-state index contributed by atoms with van der Waals surface area (Å²) in [4.78, 5) is 37.9. The number of halogens is 3. The SMILES string of the molecule is COc1ccc(CC2C(OS(=O)(=O)C(F)(F)F)=C(C(=O)[O-])N3C(=O)[C@@H](NC(=O)Cc4ccccc4)[C@H]3[S@]2=O)cc1. The van der Waals surface area contributed by atoms with Crippen LogP contribution in [0.3, 0.4) is 0 Å². The van der Waals surface area contributed by atoms with Crippen LogP contribution in [0.4, 0.5) is 13.2 Å². The van der Waals surface area contributed by atoms with Gasteiger partial charge in [0, 0.05) is 0 Å². The van der Waals surface area contributed by atoms with E-state index in [-0.39, 0.29) is 6.42 Å². The molecule has 214 valence electrons. The van der Waals surface area contributed by atoms with Crippen LogP contribution in [-0.4, -0.2) is 64.6 Å². The van der Waals surface area contributed by atoms with Gasteiger partial charge in [0.05, 0.1) is 30.3 Å². The zero-order valence-corrected chi connectivity index (χ0v) is 22.0. The summed E-state index contributed by atoms with van der Waals surface area (Å²) >= 11 is 0. The van der Waals surface area contributed by atoms with Gasteiger partial charge in [0.2, 0.25) is 5.91 Å². The summed E-state index contributed by atoms with van der Waals surface area (Å²) in [5.74, 6) is -5.03. The molecule has 0 spiro atoms. The van der Waals surface area contributed by atoms with Gasteiger partial charge in [0.25, 0.3) is 5.91 Å². The zero-order chi connectivity index (χ0) is 29.4. The van der Waals surface area contributed by atoms with Crippen molar-refractivity contribution in [2.75, 3.05) is 7.11 Å². The van der Waals surface area contributed by atoms with Crippen molar-refractivity contribution in [2.45, 2.75) is 35.0 Å². The molecule has 0 radical (unpaired) electrons. The smallest absolute Gasteiger partial charge is 0.534 e. The van der Waals surface area contributed by atoms with Crippen LogP contribution in [0.15, 0.2) is 66.1 Å². The molecule has 2 aliphatic rings. The minimum absolute atomic E-state index is 0.180. The molecule has 0 bridgehead atoms. The van der Waals surface area contributed by atoms with Crippen LogP contribution in [0.2, 0.25) is 0 Å². The van der Waals surface area contributed by atoms with Gasteiger partial charge in [-0.15, -0.1) is 0 Å². The lowest BCUT2D eigenvalue weighted by atomic mass is 10.0. The Kier molecular flexibility index (Phi) is 7.94. The van der Waals surface area contributed by atoms with Crippen LogP contribution in [0.25, 0.3) is 0 Å². The second-order valence-corrected chi connectivity index (χ2v) is 11.9. The second-order valence-electron chi connectivity index (χ2n) is 8.66. The first-order valence-corrected chi connectivity index (χ1v) is 14.1. The number of amides is 2. The number of carboxylic acids is 1. The van der Waals surface area contributed by atoms with Crippen LogP contribution in [0.1, 0.15) is 11.1 Å². The normalized spacial score (nSPS) is 22.7. The summed E-state index contributed by atoms with van der Waals surface area (Å²) in [5.41, 5.74) is -6.41. The van der Waals surface area contributed by atoms with Crippen molar-refractivity contribution >= 4 is 38.7 Å². The Morgan fingerprint density at radius 1 is 1.07 bits per heavy atom. The molecule has 2 aliphatic heterocycles. The van der Waals surface area contributed by atoms with Gasteiger partial charge in [0.15, 0.2) is 5.76 Å². The number of ether oxygens (including phenoxy) is 1. The average molecular weight is 602 g/mol. The lowest BCUT2D eigenvalue weighted by Crippen LogP contribution is -2.75. The van der Waals surface area contributed by atoms with Crippen molar-refractivity contribution in [3.8, 4) is 5.75 Å². The molecule has 0 aromatic heterocycles. The molecule has 2 aromatic rings. The number of nitrogens with zero attached hydrogens (tertiary/aromatic N) is 1. The third-order valence-corrected chi connectivity index (χ3v) is 8.98. The standard InChI is InChI=1S/C24H21F3N2O9S2/c1-37-15-9-7-14(8-10-15)11-16-20(38-40(35,36)24(25,26)27)19(23(32)33)29-21(31)18(22(29)39(16)34)28-17(30)12-13-5-3-2-4-6-13/h2-10,16,18,22H,11-12H2,1H3,(H,28,30)(H,32,33)/p-1/t16?,18-,22-,39+/m1/s1. The molecule has 4 rings (SSSR count). The van der Waals surface area contributed by atoms with E-state index < -0.39 is 78.8 Å². The fourth-order valence-electron chi connectivity index (χ4n) is 4.23. The van der Waals surface area contributed by atoms with Gasteiger partial charge in [-0.1, -0.05) is 42.5 Å². The molecule has 1 N–H and O–H groups in total. The van der Waals surface area contributed by atoms with E-state index in [9.17, 15) is 45.3 Å². The van der Waals surface area contributed by atoms with Crippen molar-refractivity contribution in [3.05, 3.63) is 77.2 Å². The minimum atomic E-state index is -6.44. The Labute approximate surface area is 228 Å². The van der Waals surface area contributed by atoms with Crippen molar-refractivity contribution in [2.24, 2.45) is 0 Å². The van der Waals surface area contributed by atoms with Crippen LogP contribution >= 0.6 is 0 Å². The van der Waals surface area contributed by atoms with Crippen molar-refractivity contribution in [1.29, 1.82) is 0 Å². The number of nitrogens with one attached hydrogen (secondary N) is 1. The number of methoxy groups -OCH3 is 1. The van der Waals surface area contributed by atoms with Crippen LogP contribution < -0.4 is 15.2 Å². The molecular weight excluding hydrogens is 581 g/mol. The second kappa shape index (κ2) is 10.9. The Morgan fingerprint density at radius 3 is 2.25 bits per heavy atom. The largest absolute Gasteiger partial charge is 0.543 e. The van der Waals surface area contributed by atoms with E-state index in [0.29, 0.717) is 21.8 Å². The van der Waals surface area contributed by atoms with E-state index in [1.165, 1.54) is 31.4 Å². The summed E-state index contributed by atoms with van der Waals surface area (Å²) < 4.78 is 86.2. The number of alkyl halides is 3. The van der Waals surface area contributed by atoms with Gasteiger partial charge in [0.1, 0.15) is 28.1 Å². The molecule has 16 heteroatoms. The fourth-order valence-corrected chi connectivity index (χ4v) is 6.75. The number of carboxylic acid groups (broad SMARTS) is 1. The molecule has 2 aromatic carbocycles. The quantitative estimate of drug-likeness (QED) is 0.239. The van der Waals surface area contributed by atoms with E-state index in [2.05, 4.69) is 9.50 Å². The van der Waals surface area contributed by atoms with Gasteiger partial charge in [-0.2, -0.15) is 21.6 Å². The van der Waals surface area contributed by atoms with E-state index in [1.807, 2.05) is 0 Å². The molecule has 2 heterocycles. The molecule has 11 nitrogen and oxygen atoms in total. The number of hydrogen-bond donors (Lipinski definition) is 1. The van der Waals surface area contributed by atoms with Crippen molar-refractivity contribution in [1.82, 2.24) is 10.2 Å². The minimum Gasteiger partial charge on any atom is -0.543 e. The molecule has 0 saturated carbocycles. The Bertz CT molecular complexity index is 1490. The highest BCUT2D eigenvalue weighted by Gasteiger charge is 2.60. The van der Waals surface area contributed by atoms with Gasteiger partial charge in [-0.3, -0.25) is 18.7 Å². The predicted molar refractivity (Wildman–Crippen MR) is 129 cm³/mol. The number of rotatable bonds is 9. The molecular formula is C24H20F3N2O9S2-. The van der Waals surface area contributed by atoms with Crippen molar-refractivity contribution in [3.63, 3.8) is 0 Å². The van der Waals surface area contributed by atoms with Gasteiger partial charge < -0.3 is 24.1 Å². The van der Waals surface area contributed by atoms with Gasteiger partial charge in [-0.05, 0) is 29.7 Å². The first-order chi connectivity index (χ1) is 18.7. The van der Waals surface area contributed by atoms with Crippen LogP contribution in [-0.2, 0) is 52.3 Å². The van der Waals surface area contributed by atoms with Crippen LogP contribution in [0, 0.1) is 0 Å². The van der Waals surface area contributed by atoms with Crippen molar-refractivity contribution < 1.29 is 54.2 Å². The lowest BCUT2D eigenvalue weighted by molar-refractivity contribution is -0.302. The molecule has 0 aliphatic carbocycles.